The predicted molar refractivity (Wildman–Crippen MR) is 83.3 cm³/mol. The molecule has 0 aliphatic heterocycles. The number of nitrogens with zero attached hydrogens (tertiary/aromatic N) is 1. The summed E-state index contributed by atoms with van der Waals surface area (Å²) in [5.74, 6) is -0.885. The minimum Gasteiger partial charge on any atom is -0.481 e. The number of carboxylic acid groups (broad SMARTS) is 1. The van der Waals surface area contributed by atoms with E-state index in [2.05, 4.69) is 5.32 Å². The van der Waals surface area contributed by atoms with Crippen LogP contribution in [0.1, 0.15) is 33.6 Å². The molecule has 1 aromatic rings. The summed E-state index contributed by atoms with van der Waals surface area (Å²) >= 11 is 0. The monoisotopic (exact) mass is 292 g/mol. The Hall–Kier alpha value is -1.88. The molecule has 5 heteroatoms. The summed E-state index contributed by atoms with van der Waals surface area (Å²) in [6.45, 7) is 7.03. The van der Waals surface area contributed by atoms with E-state index in [1.165, 1.54) is 0 Å². The van der Waals surface area contributed by atoms with Crippen LogP contribution < -0.4 is 5.32 Å². The summed E-state index contributed by atoms with van der Waals surface area (Å²) < 4.78 is 0. The first-order chi connectivity index (χ1) is 9.79. The Morgan fingerprint density at radius 1 is 1.10 bits per heavy atom. The topological polar surface area (TPSA) is 69.6 Å². The van der Waals surface area contributed by atoms with Crippen LogP contribution >= 0.6 is 0 Å². The highest BCUT2D eigenvalue weighted by Gasteiger charge is 2.22. The number of carboxylic acids is 1. The zero-order valence-electron chi connectivity index (χ0n) is 12.9. The van der Waals surface area contributed by atoms with Gasteiger partial charge in [-0.15, -0.1) is 0 Å². The van der Waals surface area contributed by atoms with Crippen LogP contribution in [0.5, 0.6) is 0 Å². The molecule has 0 fully saturated rings. The number of benzene rings is 1. The molecule has 1 aromatic carbocycles. The summed E-state index contributed by atoms with van der Waals surface area (Å²) in [4.78, 5) is 24.7. The van der Waals surface area contributed by atoms with Crippen molar-refractivity contribution in [2.75, 3.05) is 18.4 Å². The number of amides is 1. The zero-order chi connectivity index (χ0) is 15.9. The summed E-state index contributed by atoms with van der Waals surface area (Å²) in [7, 11) is 0. The van der Waals surface area contributed by atoms with Crippen molar-refractivity contribution in [3.8, 4) is 0 Å². The first-order valence-corrected chi connectivity index (χ1v) is 7.11. The van der Waals surface area contributed by atoms with Crippen molar-refractivity contribution < 1.29 is 14.7 Å². The second-order valence-corrected chi connectivity index (χ2v) is 5.97. The average Bonchev–Trinajstić information content (AvgIpc) is 2.37. The van der Waals surface area contributed by atoms with E-state index >= 15 is 0 Å². The Morgan fingerprint density at radius 2 is 1.67 bits per heavy atom. The lowest BCUT2D eigenvalue weighted by molar-refractivity contribution is -0.137. The first kappa shape index (κ1) is 17.2. The average molecular weight is 292 g/mol. The van der Waals surface area contributed by atoms with Crippen LogP contribution in [-0.4, -0.2) is 40.5 Å². The first-order valence-electron chi connectivity index (χ1n) is 7.11. The van der Waals surface area contributed by atoms with Gasteiger partial charge in [-0.25, -0.2) is 0 Å². The zero-order valence-corrected chi connectivity index (χ0v) is 12.9. The Kier molecular flexibility index (Phi) is 6.37. The minimum atomic E-state index is -0.821. The second kappa shape index (κ2) is 7.78. The molecule has 0 aromatic heterocycles. The van der Waals surface area contributed by atoms with Crippen molar-refractivity contribution in [1.82, 2.24) is 4.90 Å². The van der Waals surface area contributed by atoms with Crippen LogP contribution in [0.25, 0.3) is 0 Å². The van der Waals surface area contributed by atoms with Gasteiger partial charge in [0.2, 0.25) is 5.91 Å². The smallest absolute Gasteiger partial charge is 0.304 e. The summed E-state index contributed by atoms with van der Waals surface area (Å²) in [5.41, 5.74) is 0.609. The van der Waals surface area contributed by atoms with Crippen LogP contribution in [0.3, 0.4) is 0 Å². The van der Waals surface area contributed by atoms with E-state index in [1.807, 2.05) is 56.0 Å². The van der Waals surface area contributed by atoms with Crippen LogP contribution in [0.4, 0.5) is 5.69 Å². The van der Waals surface area contributed by atoms with Crippen LogP contribution in [-0.2, 0) is 9.59 Å². The molecule has 5 nitrogen and oxygen atoms in total. The maximum Gasteiger partial charge on any atom is 0.304 e. The molecular formula is C16H24N2O3. The summed E-state index contributed by atoms with van der Waals surface area (Å²) in [5, 5.41) is 11.6. The van der Waals surface area contributed by atoms with Gasteiger partial charge in [0.05, 0.1) is 6.42 Å². The highest BCUT2D eigenvalue weighted by molar-refractivity contribution is 5.90. The lowest BCUT2D eigenvalue weighted by atomic mass is 10.1. The fourth-order valence-corrected chi connectivity index (χ4v) is 1.99. The van der Waals surface area contributed by atoms with Gasteiger partial charge in [-0.1, -0.05) is 18.2 Å². The van der Waals surface area contributed by atoms with E-state index in [0.717, 1.165) is 5.69 Å². The number of aliphatic carboxylic acids is 1. The molecule has 0 radical (unpaired) electrons. The van der Waals surface area contributed by atoms with E-state index in [1.54, 1.807) is 0 Å². The number of rotatable bonds is 7. The van der Waals surface area contributed by atoms with Crippen molar-refractivity contribution in [3.05, 3.63) is 30.3 Å². The van der Waals surface area contributed by atoms with Crippen LogP contribution in [0, 0.1) is 0 Å². The van der Waals surface area contributed by atoms with Gasteiger partial charge >= 0.3 is 5.97 Å². The normalized spacial score (nSPS) is 11.4. The van der Waals surface area contributed by atoms with Gasteiger partial charge in [0.15, 0.2) is 0 Å². The highest BCUT2D eigenvalue weighted by atomic mass is 16.4. The maximum absolute atomic E-state index is 11.9. The van der Waals surface area contributed by atoms with E-state index in [4.69, 9.17) is 5.11 Å². The predicted octanol–water partition coefficient (Wildman–Crippen LogP) is 2.59. The maximum atomic E-state index is 11.9. The van der Waals surface area contributed by atoms with Gasteiger partial charge in [-0.3, -0.25) is 14.5 Å². The number of hydrogen-bond acceptors (Lipinski definition) is 3. The number of carbonyl (C=O) groups excluding carboxylic acids is 1. The van der Waals surface area contributed by atoms with Gasteiger partial charge in [0.25, 0.3) is 0 Å². The molecule has 0 atom stereocenters. The van der Waals surface area contributed by atoms with Crippen LogP contribution in [0.2, 0.25) is 0 Å². The summed E-state index contributed by atoms with van der Waals surface area (Å²) in [6.07, 6.45) is 0.420. The Labute approximate surface area is 126 Å². The Morgan fingerprint density at radius 3 is 2.19 bits per heavy atom. The molecule has 0 spiro atoms. The molecule has 116 valence electrons. The molecule has 0 aliphatic rings. The second-order valence-electron chi connectivity index (χ2n) is 5.97. The molecule has 0 saturated heterocycles. The molecule has 0 unspecified atom stereocenters. The van der Waals surface area contributed by atoms with Crippen molar-refractivity contribution >= 4 is 17.6 Å². The van der Waals surface area contributed by atoms with Gasteiger partial charge in [0, 0.05) is 30.7 Å². The third kappa shape index (κ3) is 6.90. The molecule has 0 heterocycles. The molecule has 2 N–H and O–H groups in total. The van der Waals surface area contributed by atoms with E-state index < -0.39 is 5.97 Å². The molecule has 0 saturated carbocycles. The van der Waals surface area contributed by atoms with Gasteiger partial charge in [-0.2, -0.15) is 0 Å². The SMILES string of the molecule is CC(C)(C)N(CCC(=O)O)CCC(=O)Nc1ccccc1. The van der Waals surface area contributed by atoms with E-state index in [9.17, 15) is 9.59 Å². The Balaban J connectivity index is 2.48. The number of anilines is 1. The molecule has 1 rings (SSSR count). The van der Waals surface area contributed by atoms with Gasteiger partial charge < -0.3 is 10.4 Å². The van der Waals surface area contributed by atoms with E-state index in [-0.39, 0.29) is 17.9 Å². The standard InChI is InChI=1S/C16H24N2O3/c1-16(2,3)18(12-10-15(20)21)11-9-14(19)17-13-7-5-4-6-8-13/h4-8H,9-12H2,1-3H3,(H,17,19)(H,20,21). The minimum absolute atomic E-state index is 0.0641. The lowest BCUT2D eigenvalue weighted by Crippen LogP contribution is -2.44. The molecule has 21 heavy (non-hydrogen) atoms. The Bertz CT molecular complexity index is 466. The fourth-order valence-electron chi connectivity index (χ4n) is 1.99. The number of hydrogen-bond donors (Lipinski definition) is 2. The molecule has 1 amide bonds. The number of nitrogens with one attached hydrogen (secondary N) is 1. The fraction of sp³-hybridized carbons (Fsp3) is 0.500. The van der Waals surface area contributed by atoms with Crippen molar-refractivity contribution in [2.24, 2.45) is 0 Å². The van der Waals surface area contributed by atoms with E-state index in [0.29, 0.717) is 19.5 Å². The quantitative estimate of drug-likeness (QED) is 0.810. The van der Waals surface area contributed by atoms with Crippen molar-refractivity contribution in [3.63, 3.8) is 0 Å². The molecular weight excluding hydrogens is 268 g/mol. The number of para-hydroxylation sites is 1. The third-order valence-electron chi connectivity index (χ3n) is 3.21. The van der Waals surface area contributed by atoms with Crippen LogP contribution in [0.15, 0.2) is 30.3 Å². The molecule has 0 aliphatic carbocycles. The molecule has 0 bridgehead atoms. The number of carbonyl (C=O) groups is 2. The highest BCUT2D eigenvalue weighted by Crippen LogP contribution is 2.14. The summed E-state index contributed by atoms with van der Waals surface area (Å²) in [6, 6.07) is 9.30. The van der Waals surface area contributed by atoms with Crippen molar-refractivity contribution in [1.29, 1.82) is 0 Å². The van der Waals surface area contributed by atoms with Gasteiger partial charge in [0.1, 0.15) is 0 Å². The third-order valence-corrected chi connectivity index (χ3v) is 3.21. The largest absolute Gasteiger partial charge is 0.481 e. The van der Waals surface area contributed by atoms with Crippen molar-refractivity contribution in [2.45, 2.75) is 39.2 Å². The lowest BCUT2D eigenvalue weighted by Gasteiger charge is -2.35. The van der Waals surface area contributed by atoms with Gasteiger partial charge in [-0.05, 0) is 32.9 Å².